The van der Waals surface area contributed by atoms with Crippen LogP contribution in [0.15, 0.2) is 18.2 Å². The van der Waals surface area contributed by atoms with Crippen LogP contribution in [0, 0.1) is 0 Å². The Bertz CT molecular complexity index is 596. The molecule has 1 fully saturated rings. The molecule has 24 heavy (non-hydrogen) atoms. The summed E-state index contributed by atoms with van der Waals surface area (Å²) in [6.07, 6.45) is 0.898. The number of carbonyl (C=O) groups is 2. The molecule has 2 rings (SSSR count). The van der Waals surface area contributed by atoms with Gasteiger partial charge in [-0.15, -0.1) is 12.4 Å². The van der Waals surface area contributed by atoms with Crippen LogP contribution in [0.5, 0.6) is 0 Å². The molecule has 1 aliphatic heterocycles. The van der Waals surface area contributed by atoms with Crippen LogP contribution in [-0.2, 0) is 0 Å². The maximum Gasteiger partial charge on any atom is 0.319 e. The van der Waals surface area contributed by atoms with Crippen molar-refractivity contribution >= 4 is 41.6 Å². The van der Waals surface area contributed by atoms with E-state index in [1.165, 1.54) is 0 Å². The number of halogens is 2. The van der Waals surface area contributed by atoms with Gasteiger partial charge in [-0.05, 0) is 51.9 Å². The van der Waals surface area contributed by atoms with Gasteiger partial charge in [-0.1, -0.05) is 11.6 Å². The summed E-state index contributed by atoms with van der Waals surface area (Å²) < 4.78 is 0. The molecule has 0 spiro atoms. The zero-order chi connectivity index (χ0) is 17.0. The Morgan fingerprint density at radius 3 is 2.58 bits per heavy atom. The van der Waals surface area contributed by atoms with E-state index in [0.29, 0.717) is 16.3 Å². The van der Waals surface area contributed by atoms with Crippen molar-refractivity contribution in [1.29, 1.82) is 0 Å². The molecule has 1 unspecified atom stereocenters. The van der Waals surface area contributed by atoms with E-state index in [-0.39, 0.29) is 35.9 Å². The Labute approximate surface area is 153 Å². The van der Waals surface area contributed by atoms with Crippen molar-refractivity contribution in [3.63, 3.8) is 0 Å². The molecule has 1 aromatic rings. The van der Waals surface area contributed by atoms with Crippen LogP contribution >= 0.6 is 24.0 Å². The van der Waals surface area contributed by atoms with Gasteiger partial charge in [-0.2, -0.15) is 0 Å². The van der Waals surface area contributed by atoms with E-state index in [2.05, 4.69) is 21.3 Å². The third kappa shape index (κ3) is 6.19. The first kappa shape index (κ1) is 20.5. The summed E-state index contributed by atoms with van der Waals surface area (Å²) in [6.45, 7) is 7.33. The second-order valence-corrected chi connectivity index (χ2v) is 7.09. The highest BCUT2D eigenvalue weighted by molar-refractivity contribution is 6.34. The number of urea groups is 1. The minimum Gasteiger partial charge on any atom is -0.348 e. The smallest absolute Gasteiger partial charge is 0.319 e. The quantitative estimate of drug-likeness (QED) is 0.656. The Hall–Kier alpha value is -1.50. The molecule has 1 saturated heterocycles. The van der Waals surface area contributed by atoms with Crippen LogP contribution < -0.4 is 21.3 Å². The molecule has 6 nitrogen and oxygen atoms in total. The average molecular weight is 375 g/mol. The molecule has 1 aromatic carbocycles. The van der Waals surface area contributed by atoms with Gasteiger partial charge >= 0.3 is 6.03 Å². The van der Waals surface area contributed by atoms with Crippen molar-refractivity contribution in [3.05, 3.63) is 28.8 Å². The molecule has 3 amide bonds. The zero-order valence-electron chi connectivity index (χ0n) is 14.0. The largest absolute Gasteiger partial charge is 0.348 e. The Morgan fingerprint density at radius 2 is 2.00 bits per heavy atom. The number of rotatable bonds is 3. The second kappa shape index (κ2) is 8.55. The fourth-order valence-electron chi connectivity index (χ4n) is 2.32. The van der Waals surface area contributed by atoms with Gasteiger partial charge in [-0.3, -0.25) is 4.79 Å². The van der Waals surface area contributed by atoms with Crippen molar-refractivity contribution in [2.24, 2.45) is 0 Å². The van der Waals surface area contributed by atoms with Gasteiger partial charge in [0, 0.05) is 23.8 Å². The second-order valence-electron chi connectivity index (χ2n) is 6.69. The highest BCUT2D eigenvalue weighted by Gasteiger charge is 2.20. The highest BCUT2D eigenvalue weighted by atomic mass is 35.5. The third-order valence-electron chi connectivity index (χ3n) is 3.35. The fraction of sp³-hybridized carbons (Fsp3) is 0.500. The van der Waals surface area contributed by atoms with E-state index >= 15 is 0 Å². The Morgan fingerprint density at radius 1 is 1.29 bits per heavy atom. The van der Waals surface area contributed by atoms with Crippen molar-refractivity contribution < 1.29 is 9.59 Å². The minimum atomic E-state index is -0.341. The number of nitrogens with one attached hydrogen (secondary N) is 4. The molecule has 134 valence electrons. The molecule has 0 saturated carbocycles. The van der Waals surface area contributed by atoms with Gasteiger partial charge in [0.05, 0.1) is 10.6 Å². The van der Waals surface area contributed by atoms with Crippen LogP contribution in [0.4, 0.5) is 10.5 Å². The molecular weight excluding hydrogens is 351 g/mol. The zero-order valence-corrected chi connectivity index (χ0v) is 15.6. The standard InChI is InChI=1S/C16H23ClN4O2.ClH/c1-16(2,3)21-15(23)20-10-4-5-13(17)12(8-10)14(22)19-11-6-7-18-9-11;/h4-5,8,11,18H,6-7,9H2,1-3H3,(H,19,22)(H2,20,21,23);1H. The summed E-state index contributed by atoms with van der Waals surface area (Å²) in [5.41, 5.74) is 0.532. The van der Waals surface area contributed by atoms with E-state index in [0.717, 1.165) is 19.5 Å². The summed E-state index contributed by atoms with van der Waals surface area (Å²) in [7, 11) is 0. The number of anilines is 1. The van der Waals surface area contributed by atoms with E-state index in [1.54, 1.807) is 18.2 Å². The maximum absolute atomic E-state index is 12.3. The average Bonchev–Trinajstić information content (AvgIpc) is 2.91. The lowest BCUT2D eigenvalue weighted by atomic mass is 10.1. The predicted octanol–water partition coefficient (Wildman–Crippen LogP) is 2.77. The number of amides is 3. The summed E-state index contributed by atoms with van der Waals surface area (Å²) in [5, 5.41) is 12.0. The van der Waals surface area contributed by atoms with Crippen molar-refractivity contribution in [3.8, 4) is 0 Å². The molecule has 0 radical (unpaired) electrons. The van der Waals surface area contributed by atoms with Gasteiger partial charge in [0.1, 0.15) is 0 Å². The molecule has 1 aliphatic rings. The monoisotopic (exact) mass is 374 g/mol. The normalized spacial score (nSPS) is 16.9. The van der Waals surface area contributed by atoms with Gasteiger partial charge in [0.15, 0.2) is 0 Å². The van der Waals surface area contributed by atoms with Crippen LogP contribution in [-0.4, -0.2) is 36.6 Å². The van der Waals surface area contributed by atoms with Crippen molar-refractivity contribution in [1.82, 2.24) is 16.0 Å². The number of hydrogen-bond donors (Lipinski definition) is 4. The van der Waals surface area contributed by atoms with Gasteiger partial charge in [-0.25, -0.2) is 4.79 Å². The lowest BCUT2D eigenvalue weighted by Crippen LogP contribution is -2.43. The van der Waals surface area contributed by atoms with Crippen LogP contribution in [0.2, 0.25) is 5.02 Å². The van der Waals surface area contributed by atoms with Crippen LogP contribution in [0.1, 0.15) is 37.6 Å². The van der Waals surface area contributed by atoms with Gasteiger partial charge < -0.3 is 21.3 Å². The van der Waals surface area contributed by atoms with E-state index in [1.807, 2.05) is 20.8 Å². The Kier molecular flexibility index (Phi) is 7.32. The molecule has 8 heteroatoms. The lowest BCUT2D eigenvalue weighted by Gasteiger charge is -2.21. The molecular formula is C16H24Cl2N4O2. The minimum absolute atomic E-state index is 0. The first-order valence-corrected chi connectivity index (χ1v) is 8.03. The predicted molar refractivity (Wildman–Crippen MR) is 99.3 cm³/mol. The summed E-state index contributed by atoms with van der Waals surface area (Å²) in [6, 6.07) is 4.64. The summed E-state index contributed by atoms with van der Waals surface area (Å²) in [4.78, 5) is 24.2. The van der Waals surface area contributed by atoms with Gasteiger partial charge in [0.2, 0.25) is 0 Å². The number of carbonyl (C=O) groups excluding carboxylic acids is 2. The van der Waals surface area contributed by atoms with Gasteiger partial charge in [0.25, 0.3) is 5.91 Å². The first-order chi connectivity index (χ1) is 10.7. The van der Waals surface area contributed by atoms with Crippen molar-refractivity contribution in [2.45, 2.75) is 38.8 Å². The molecule has 4 N–H and O–H groups in total. The summed E-state index contributed by atoms with van der Waals surface area (Å²) in [5.74, 6) is -0.233. The third-order valence-corrected chi connectivity index (χ3v) is 3.68. The van der Waals surface area contributed by atoms with E-state index in [4.69, 9.17) is 11.6 Å². The highest BCUT2D eigenvalue weighted by Crippen LogP contribution is 2.21. The molecule has 0 aliphatic carbocycles. The molecule has 0 aromatic heterocycles. The van der Waals surface area contributed by atoms with Crippen molar-refractivity contribution in [2.75, 3.05) is 18.4 Å². The number of hydrogen-bond acceptors (Lipinski definition) is 3. The lowest BCUT2D eigenvalue weighted by molar-refractivity contribution is 0.0940. The first-order valence-electron chi connectivity index (χ1n) is 7.65. The summed E-state index contributed by atoms with van der Waals surface area (Å²) >= 11 is 6.11. The molecule has 0 bridgehead atoms. The Balaban J connectivity index is 0.00000288. The van der Waals surface area contributed by atoms with E-state index < -0.39 is 0 Å². The molecule has 1 heterocycles. The number of benzene rings is 1. The molecule has 1 atom stereocenters. The van der Waals surface area contributed by atoms with Crippen LogP contribution in [0.25, 0.3) is 0 Å². The SMILES string of the molecule is CC(C)(C)NC(=O)Nc1ccc(Cl)c(C(=O)NC2CCNC2)c1.Cl. The topological polar surface area (TPSA) is 82.3 Å². The van der Waals surface area contributed by atoms with E-state index in [9.17, 15) is 9.59 Å². The fourth-order valence-corrected chi connectivity index (χ4v) is 2.52. The maximum atomic E-state index is 12.3. The van der Waals surface area contributed by atoms with Crippen LogP contribution in [0.3, 0.4) is 0 Å².